The first-order chi connectivity index (χ1) is 9.52. The normalized spacial score (nSPS) is 14.1. The first-order valence-corrected chi connectivity index (χ1v) is 7.53. The van der Waals surface area contributed by atoms with Gasteiger partial charge in [-0.25, -0.2) is 0 Å². The molecule has 2 rings (SSSR count). The van der Waals surface area contributed by atoms with Crippen LogP contribution in [0.15, 0.2) is 46.9 Å². The van der Waals surface area contributed by atoms with Gasteiger partial charge in [0, 0.05) is 16.9 Å². The van der Waals surface area contributed by atoms with E-state index in [4.69, 9.17) is 5.73 Å². The van der Waals surface area contributed by atoms with E-state index in [0.717, 1.165) is 15.6 Å². The SMILES string of the molecule is Cc1ccc(C(O)C(CN)c2ccc(Br)cc2)cc1C. The van der Waals surface area contributed by atoms with Crippen LogP contribution in [0.1, 0.15) is 34.3 Å². The summed E-state index contributed by atoms with van der Waals surface area (Å²) in [6.45, 7) is 4.54. The summed E-state index contributed by atoms with van der Waals surface area (Å²) >= 11 is 3.42. The van der Waals surface area contributed by atoms with Gasteiger partial charge >= 0.3 is 0 Å². The molecule has 0 bridgehead atoms. The second kappa shape index (κ2) is 6.53. The zero-order valence-corrected chi connectivity index (χ0v) is 13.4. The van der Waals surface area contributed by atoms with E-state index in [2.05, 4.69) is 29.8 Å². The fraction of sp³-hybridized carbons (Fsp3) is 0.294. The van der Waals surface area contributed by atoms with Crippen molar-refractivity contribution < 1.29 is 5.11 Å². The standard InChI is InChI=1S/C17H20BrNO/c1-11-3-4-14(9-12(11)2)17(20)16(10-19)13-5-7-15(18)8-6-13/h3-9,16-17,20H,10,19H2,1-2H3. The van der Waals surface area contributed by atoms with E-state index >= 15 is 0 Å². The van der Waals surface area contributed by atoms with Gasteiger partial charge in [-0.1, -0.05) is 46.3 Å². The third kappa shape index (κ3) is 3.29. The molecule has 0 aromatic heterocycles. The molecule has 2 unspecified atom stereocenters. The molecule has 3 N–H and O–H groups in total. The van der Waals surface area contributed by atoms with Crippen LogP contribution in [-0.2, 0) is 0 Å². The van der Waals surface area contributed by atoms with Crippen LogP contribution < -0.4 is 5.73 Å². The van der Waals surface area contributed by atoms with Crippen molar-refractivity contribution in [3.8, 4) is 0 Å². The number of nitrogens with two attached hydrogens (primary N) is 1. The van der Waals surface area contributed by atoms with E-state index in [1.54, 1.807) is 0 Å². The Bertz CT molecular complexity index is 580. The number of aliphatic hydroxyl groups is 1. The molecule has 2 aromatic carbocycles. The van der Waals surface area contributed by atoms with Crippen molar-refractivity contribution in [2.45, 2.75) is 25.9 Å². The molecule has 0 amide bonds. The molecule has 2 aromatic rings. The van der Waals surface area contributed by atoms with Gasteiger partial charge in [-0.05, 0) is 48.2 Å². The lowest BCUT2D eigenvalue weighted by Crippen LogP contribution is -2.20. The van der Waals surface area contributed by atoms with Crippen LogP contribution in [0.2, 0.25) is 0 Å². The van der Waals surface area contributed by atoms with Crippen molar-refractivity contribution in [3.05, 3.63) is 69.2 Å². The maximum atomic E-state index is 10.6. The minimum Gasteiger partial charge on any atom is -0.388 e. The zero-order valence-electron chi connectivity index (χ0n) is 11.8. The molecule has 106 valence electrons. The Balaban J connectivity index is 2.30. The number of hydrogen-bond donors (Lipinski definition) is 2. The number of hydrogen-bond acceptors (Lipinski definition) is 2. The maximum absolute atomic E-state index is 10.6. The fourth-order valence-corrected chi connectivity index (χ4v) is 2.60. The molecule has 0 aliphatic carbocycles. The smallest absolute Gasteiger partial charge is 0.0870 e. The first kappa shape index (κ1) is 15.2. The fourth-order valence-electron chi connectivity index (χ4n) is 2.34. The van der Waals surface area contributed by atoms with E-state index < -0.39 is 6.10 Å². The Kier molecular flexibility index (Phi) is 4.97. The molecular formula is C17H20BrNO. The van der Waals surface area contributed by atoms with Gasteiger partial charge in [-0.2, -0.15) is 0 Å². The minimum absolute atomic E-state index is 0.0924. The predicted octanol–water partition coefficient (Wildman–Crippen LogP) is 3.84. The van der Waals surface area contributed by atoms with Crippen LogP contribution in [0.25, 0.3) is 0 Å². The van der Waals surface area contributed by atoms with Gasteiger partial charge in [0.1, 0.15) is 0 Å². The highest BCUT2D eigenvalue weighted by atomic mass is 79.9. The number of halogens is 1. The van der Waals surface area contributed by atoms with Crippen LogP contribution in [0.4, 0.5) is 0 Å². The minimum atomic E-state index is -0.583. The van der Waals surface area contributed by atoms with Gasteiger partial charge in [0.05, 0.1) is 6.10 Å². The molecule has 0 heterocycles. The number of benzene rings is 2. The summed E-state index contributed by atoms with van der Waals surface area (Å²) in [5.74, 6) is -0.0924. The molecule has 2 atom stereocenters. The molecule has 0 saturated carbocycles. The summed E-state index contributed by atoms with van der Waals surface area (Å²) in [4.78, 5) is 0. The maximum Gasteiger partial charge on any atom is 0.0870 e. The molecule has 3 heteroatoms. The van der Waals surface area contributed by atoms with Crippen molar-refractivity contribution in [1.29, 1.82) is 0 Å². The molecular weight excluding hydrogens is 314 g/mol. The second-order valence-corrected chi connectivity index (χ2v) is 6.10. The van der Waals surface area contributed by atoms with Crippen LogP contribution >= 0.6 is 15.9 Å². The van der Waals surface area contributed by atoms with Crippen molar-refractivity contribution in [2.24, 2.45) is 5.73 Å². The zero-order chi connectivity index (χ0) is 14.7. The Hall–Kier alpha value is -1.16. The quantitative estimate of drug-likeness (QED) is 0.892. The lowest BCUT2D eigenvalue weighted by atomic mass is 9.88. The molecule has 2 nitrogen and oxygen atoms in total. The van der Waals surface area contributed by atoms with E-state index in [9.17, 15) is 5.11 Å². The Morgan fingerprint density at radius 3 is 2.15 bits per heavy atom. The van der Waals surface area contributed by atoms with Gasteiger partial charge < -0.3 is 10.8 Å². The highest BCUT2D eigenvalue weighted by Crippen LogP contribution is 2.31. The van der Waals surface area contributed by atoms with Crippen LogP contribution in [0.3, 0.4) is 0 Å². The number of aryl methyl sites for hydroxylation is 2. The first-order valence-electron chi connectivity index (χ1n) is 6.73. The third-order valence-corrected chi connectivity index (χ3v) is 4.33. The van der Waals surface area contributed by atoms with Gasteiger partial charge in [0.2, 0.25) is 0 Å². The Morgan fingerprint density at radius 2 is 1.60 bits per heavy atom. The van der Waals surface area contributed by atoms with E-state index in [0.29, 0.717) is 6.54 Å². The molecule has 0 fully saturated rings. The third-order valence-electron chi connectivity index (χ3n) is 3.81. The summed E-state index contributed by atoms with van der Waals surface area (Å²) in [7, 11) is 0. The van der Waals surface area contributed by atoms with Gasteiger partial charge in [0.25, 0.3) is 0 Å². The molecule has 20 heavy (non-hydrogen) atoms. The lowest BCUT2D eigenvalue weighted by molar-refractivity contribution is 0.147. The summed E-state index contributed by atoms with van der Waals surface area (Å²) in [5, 5.41) is 10.6. The van der Waals surface area contributed by atoms with Crippen molar-refractivity contribution in [2.75, 3.05) is 6.54 Å². The monoisotopic (exact) mass is 333 g/mol. The van der Waals surface area contributed by atoms with Crippen molar-refractivity contribution in [1.82, 2.24) is 0 Å². The van der Waals surface area contributed by atoms with E-state index in [1.165, 1.54) is 11.1 Å². The van der Waals surface area contributed by atoms with Crippen LogP contribution in [0, 0.1) is 13.8 Å². The van der Waals surface area contributed by atoms with Gasteiger partial charge in [-0.3, -0.25) is 0 Å². The van der Waals surface area contributed by atoms with Crippen molar-refractivity contribution in [3.63, 3.8) is 0 Å². The summed E-state index contributed by atoms with van der Waals surface area (Å²) in [6.07, 6.45) is -0.583. The van der Waals surface area contributed by atoms with Crippen molar-refractivity contribution >= 4 is 15.9 Å². The average molecular weight is 334 g/mol. The number of rotatable bonds is 4. The highest BCUT2D eigenvalue weighted by molar-refractivity contribution is 9.10. The van der Waals surface area contributed by atoms with Crippen LogP contribution in [0.5, 0.6) is 0 Å². The average Bonchev–Trinajstić information content (AvgIpc) is 2.44. The predicted molar refractivity (Wildman–Crippen MR) is 86.8 cm³/mol. The molecule has 0 aliphatic heterocycles. The second-order valence-electron chi connectivity index (χ2n) is 5.18. The number of aliphatic hydroxyl groups excluding tert-OH is 1. The van der Waals surface area contributed by atoms with E-state index in [1.807, 2.05) is 42.5 Å². The lowest BCUT2D eigenvalue weighted by Gasteiger charge is -2.23. The summed E-state index contributed by atoms with van der Waals surface area (Å²) in [6, 6.07) is 14.0. The Morgan fingerprint density at radius 1 is 1.00 bits per heavy atom. The largest absolute Gasteiger partial charge is 0.388 e. The van der Waals surface area contributed by atoms with Gasteiger partial charge in [0.15, 0.2) is 0 Å². The molecule has 0 radical (unpaired) electrons. The summed E-state index contributed by atoms with van der Waals surface area (Å²) in [5.41, 5.74) is 10.3. The topological polar surface area (TPSA) is 46.2 Å². The molecule has 0 saturated heterocycles. The Labute approximate surface area is 128 Å². The van der Waals surface area contributed by atoms with E-state index in [-0.39, 0.29) is 5.92 Å². The summed E-state index contributed by atoms with van der Waals surface area (Å²) < 4.78 is 1.03. The molecule has 0 aliphatic rings. The van der Waals surface area contributed by atoms with Crippen LogP contribution in [-0.4, -0.2) is 11.7 Å². The van der Waals surface area contributed by atoms with Gasteiger partial charge in [-0.15, -0.1) is 0 Å². The molecule has 0 spiro atoms. The highest BCUT2D eigenvalue weighted by Gasteiger charge is 2.21.